The molecule has 0 radical (unpaired) electrons. The van der Waals surface area contributed by atoms with Crippen LogP contribution in [0.3, 0.4) is 0 Å². The smallest absolute Gasteiger partial charge is 0.407 e. The van der Waals surface area contributed by atoms with E-state index in [4.69, 9.17) is 4.74 Å². The number of alkyl halides is 4. The van der Waals surface area contributed by atoms with Gasteiger partial charge in [0, 0.05) is 19.1 Å². The van der Waals surface area contributed by atoms with Gasteiger partial charge in [0.1, 0.15) is 17.3 Å². The van der Waals surface area contributed by atoms with Gasteiger partial charge in [0.05, 0.1) is 0 Å². The number of nitrogens with zero attached hydrogens (tertiary/aromatic N) is 1. The summed E-state index contributed by atoms with van der Waals surface area (Å²) in [4.78, 5) is 12.8. The highest BCUT2D eigenvalue weighted by Gasteiger charge is 2.47. The third kappa shape index (κ3) is 7.37. The van der Waals surface area contributed by atoms with Gasteiger partial charge in [-0.15, -0.1) is 0 Å². The third-order valence-corrected chi connectivity index (χ3v) is 3.36. The van der Waals surface area contributed by atoms with Crippen molar-refractivity contribution in [1.29, 1.82) is 0 Å². The third-order valence-electron chi connectivity index (χ3n) is 3.36. The summed E-state index contributed by atoms with van der Waals surface area (Å²) >= 11 is 0. The van der Waals surface area contributed by atoms with Crippen LogP contribution in [0.1, 0.15) is 47.5 Å². The van der Waals surface area contributed by atoms with Crippen LogP contribution in [0.2, 0.25) is 0 Å². The first-order chi connectivity index (χ1) is 10.2. The van der Waals surface area contributed by atoms with E-state index in [9.17, 15) is 22.4 Å². The number of rotatable bonds is 3. The lowest BCUT2D eigenvalue weighted by molar-refractivity contribution is -0.196. The Kier molecular flexibility index (Phi) is 5.93. The monoisotopic (exact) mass is 342 g/mol. The summed E-state index contributed by atoms with van der Waals surface area (Å²) in [5.74, 6) is 0. The molecule has 23 heavy (non-hydrogen) atoms. The van der Waals surface area contributed by atoms with Crippen LogP contribution in [0.4, 0.5) is 22.4 Å². The average molecular weight is 342 g/mol. The lowest BCUT2D eigenvalue weighted by atomic mass is 9.96. The van der Waals surface area contributed by atoms with E-state index >= 15 is 0 Å². The standard InChI is InChI=1S/C15H26F4N2O2/c1-13(2,3)23-12(22)20-10-6-7-11(15(17,18)19)21(8-10)9-14(4,5)16/h10-11H,6-9H2,1-5H3,(H,20,22). The number of carbonyl (C=O) groups is 1. The molecule has 1 rings (SSSR count). The summed E-state index contributed by atoms with van der Waals surface area (Å²) in [6.07, 6.45) is -5.10. The van der Waals surface area contributed by atoms with Crippen molar-refractivity contribution in [3.05, 3.63) is 0 Å². The number of hydrogen-bond acceptors (Lipinski definition) is 3. The minimum atomic E-state index is -4.41. The molecular formula is C15H26F4N2O2. The fourth-order valence-corrected chi connectivity index (χ4v) is 2.66. The molecule has 2 unspecified atom stereocenters. The zero-order chi connectivity index (χ0) is 18.1. The first-order valence-electron chi connectivity index (χ1n) is 7.66. The van der Waals surface area contributed by atoms with E-state index in [0.717, 1.165) is 4.90 Å². The van der Waals surface area contributed by atoms with Crippen LogP contribution in [0.5, 0.6) is 0 Å². The number of amides is 1. The second kappa shape index (κ2) is 6.83. The first kappa shape index (κ1) is 20.0. The number of ether oxygens (including phenoxy) is 1. The summed E-state index contributed by atoms with van der Waals surface area (Å²) < 4.78 is 58.2. The summed E-state index contributed by atoms with van der Waals surface area (Å²) in [6.45, 7) is 7.18. The number of halogens is 4. The SMILES string of the molecule is CC(C)(F)CN1CC(NC(=O)OC(C)(C)C)CCC1C(F)(F)F. The Morgan fingerprint density at radius 1 is 1.13 bits per heavy atom. The van der Waals surface area contributed by atoms with Crippen LogP contribution >= 0.6 is 0 Å². The van der Waals surface area contributed by atoms with Gasteiger partial charge in [-0.25, -0.2) is 9.18 Å². The highest BCUT2D eigenvalue weighted by atomic mass is 19.4. The largest absolute Gasteiger partial charge is 0.444 e. The number of hydrogen-bond donors (Lipinski definition) is 1. The first-order valence-corrected chi connectivity index (χ1v) is 7.66. The van der Waals surface area contributed by atoms with E-state index in [1.165, 1.54) is 13.8 Å². The summed E-state index contributed by atoms with van der Waals surface area (Å²) in [7, 11) is 0. The molecule has 8 heteroatoms. The van der Waals surface area contributed by atoms with Crippen molar-refractivity contribution in [1.82, 2.24) is 10.2 Å². The van der Waals surface area contributed by atoms with Gasteiger partial charge in [-0.3, -0.25) is 4.90 Å². The molecule has 0 aromatic carbocycles. The van der Waals surface area contributed by atoms with Gasteiger partial charge in [0.2, 0.25) is 0 Å². The molecule has 4 nitrogen and oxygen atoms in total. The molecule has 136 valence electrons. The molecule has 0 aromatic heterocycles. The molecule has 0 saturated carbocycles. The maximum absolute atomic E-state index is 13.8. The Bertz CT molecular complexity index is 413. The molecule has 0 aromatic rings. The van der Waals surface area contributed by atoms with Crippen LogP contribution in [0.15, 0.2) is 0 Å². The van der Waals surface area contributed by atoms with Crippen molar-refractivity contribution < 1.29 is 27.1 Å². The molecule has 1 aliphatic rings. The molecule has 2 atom stereocenters. The highest BCUT2D eigenvalue weighted by Crippen LogP contribution is 2.33. The fraction of sp³-hybridized carbons (Fsp3) is 0.933. The van der Waals surface area contributed by atoms with Crippen LogP contribution < -0.4 is 5.32 Å². The number of nitrogens with one attached hydrogen (secondary N) is 1. The van der Waals surface area contributed by atoms with E-state index < -0.39 is 35.6 Å². The molecule has 0 bridgehead atoms. The minimum Gasteiger partial charge on any atom is -0.444 e. The van der Waals surface area contributed by atoms with Gasteiger partial charge < -0.3 is 10.1 Å². The van der Waals surface area contributed by atoms with E-state index in [-0.39, 0.29) is 25.9 Å². The molecule has 1 N–H and O–H groups in total. The minimum absolute atomic E-state index is 0.0588. The summed E-state index contributed by atoms with van der Waals surface area (Å²) in [6, 6.07) is -2.18. The van der Waals surface area contributed by atoms with Gasteiger partial charge in [0.25, 0.3) is 0 Å². The van der Waals surface area contributed by atoms with E-state index in [1.54, 1.807) is 20.8 Å². The van der Waals surface area contributed by atoms with Crippen LogP contribution in [-0.4, -0.2) is 53.6 Å². The maximum Gasteiger partial charge on any atom is 0.407 e. The predicted octanol–water partition coefficient (Wildman–Crippen LogP) is 3.65. The topological polar surface area (TPSA) is 41.6 Å². The van der Waals surface area contributed by atoms with Gasteiger partial charge in [-0.1, -0.05) is 0 Å². The lowest BCUT2D eigenvalue weighted by Crippen LogP contribution is -2.58. The summed E-state index contributed by atoms with van der Waals surface area (Å²) in [5, 5.41) is 2.57. The van der Waals surface area contributed by atoms with Crippen molar-refractivity contribution in [3.8, 4) is 0 Å². The number of carbonyl (C=O) groups excluding carboxylic acids is 1. The van der Waals surface area contributed by atoms with Gasteiger partial charge in [-0.05, 0) is 47.5 Å². The Morgan fingerprint density at radius 3 is 2.13 bits per heavy atom. The van der Waals surface area contributed by atoms with E-state index in [2.05, 4.69) is 5.32 Å². The Hall–Kier alpha value is -1.05. The zero-order valence-corrected chi connectivity index (χ0v) is 14.3. The molecule has 1 saturated heterocycles. The van der Waals surface area contributed by atoms with Gasteiger partial charge in [0.15, 0.2) is 0 Å². The molecular weight excluding hydrogens is 316 g/mol. The zero-order valence-electron chi connectivity index (χ0n) is 14.3. The normalized spacial score (nSPS) is 24.4. The molecule has 0 aliphatic carbocycles. The van der Waals surface area contributed by atoms with Crippen molar-refractivity contribution in [3.63, 3.8) is 0 Å². The van der Waals surface area contributed by atoms with Gasteiger partial charge in [-0.2, -0.15) is 13.2 Å². The van der Waals surface area contributed by atoms with E-state index in [1.807, 2.05) is 0 Å². The average Bonchev–Trinajstić information content (AvgIpc) is 2.21. The number of alkyl carbamates (subject to hydrolysis) is 1. The fourth-order valence-electron chi connectivity index (χ4n) is 2.66. The van der Waals surface area contributed by atoms with Crippen LogP contribution in [-0.2, 0) is 4.74 Å². The molecule has 1 aliphatic heterocycles. The molecule has 1 heterocycles. The molecule has 1 fully saturated rings. The van der Waals surface area contributed by atoms with Crippen molar-refractivity contribution in [2.24, 2.45) is 0 Å². The lowest BCUT2D eigenvalue weighted by Gasteiger charge is -2.42. The molecule has 1 amide bonds. The quantitative estimate of drug-likeness (QED) is 0.796. The van der Waals surface area contributed by atoms with Crippen molar-refractivity contribution in [2.45, 2.75) is 77.0 Å². The Morgan fingerprint density at radius 2 is 1.70 bits per heavy atom. The van der Waals surface area contributed by atoms with E-state index in [0.29, 0.717) is 0 Å². The summed E-state index contributed by atoms with van der Waals surface area (Å²) in [5.41, 5.74) is -2.44. The predicted molar refractivity (Wildman–Crippen MR) is 79.0 cm³/mol. The van der Waals surface area contributed by atoms with Crippen molar-refractivity contribution >= 4 is 6.09 Å². The number of likely N-dealkylation sites (tertiary alicyclic amines) is 1. The second-order valence-corrected chi connectivity index (χ2v) is 7.63. The Labute approximate surface area is 134 Å². The van der Waals surface area contributed by atoms with Gasteiger partial charge >= 0.3 is 12.3 Å². The van der Waals surface area contributed by atoms with Crippen LogP contribution in [0.25, 0.3) is 0 Å². The Balaban J connectivity index is 2.73. The van der Waals surface area contributed by atoms with Crippen molar-refractivity contribution in [2.75, 3.05) is 13.1 Å². The highest BCUT2D eigenvalue weighted by molar-refractivity contribution is 5.68. The maximum atomic E-state index is 13.8. The van der Waals surface area contributed by atoms with Crippen LogP contribution in [0, 0.1) is 0 Å². The molecule has 0 spiro atoms. The second-order valence-electron chi connectivity index (χ2n) is 7.63. The number of piperidine rings is 1.